The van der Waals surface area contributed by atoms with E-state index in [1.165, 1.54) is 10.8 Å². The highest BCUT2D eigenvalue weighted by molar-refractivity contribution is 7.99. The summed E-state index contributed by atoms with van der Waals surface area (Å²) in [4.78, 5) is 27.2. The highest BCUT2D eigenvalue weighted by Crippen LogP contribution is 2.53. The molecule has 2 aliphatic rings. The van der Waals surface area contributed by atoms with Crippen molar-refractivity contribution in [3.63, 3.8) is 0 Å². The van der Waals surface area contributed by atoms with Gasteiger partial charge in [-0.1, -0.05) is 41.9 Å². The van der Waals surface area contributed by atoms with Crippen LogP contribution in [0.4, 0.5) is 13.2 Å². The van der Waals surface area contributed by atoms with Crippen LogP contribution in [0, 0.1) is 0 Å². The Balaban J connectivity index is 1.82. The molecule has 5 nitrogen and oxygen atoms in total. The third-order valence-electron chi connectivity index (χ3n) is 7.03. The Hall–Kier alpha value is -2.91. The minimum absolute atomic E-state index is 0.00200. The lowest BCUT2D eigenvalue weighted by Crippen LogP contribution is -2.54. The zero-order valence-electron chi connectivity index (χ0n) is 19.3. The van der Waals surface area contributed by atoms with Gasteiger partial charge in [-0.05, 0) is 42.7 Å². The first kappa shape index (κ1) is 24.8. The fraction of sp³-hybridized carbons (Fsp3) is 0.308. The third-order valence-corrected chi connectivity index (χ3v) is 8.59. The van der Waals surface area contributed by atoms with Gasteiger partial charge < -0.3 is 14.6 Å². The van der Waals surface area contributed by atoms with Crippen molar-refractivity contribution >= 4 is 29.3 Å². The van der Waals surface area contributed by atoms with Gasteiger partial charge in [-0.3, -0.25) is 9.59 Å². The predicted molar refractivity (Wildman–Crippen MR) is 132 cm³/mol. The number of carbonyl (C=O) groups excluding carboxylic acids is 1. The number of aromatic nitrogens is 1. The molecule has 1 aromatic heterocycles. The zero-order valence-corrected chi connectivity index (χ0v) is 20.9. The van der Waals surface area contributed by atoms with Gasteiger partial charge in [0.15, 0.2) is 11.4 Å². The molecule has 0 saturated carbocycles. The normalized spacial score (nSPS) is 22.3. The smallest absolute Gasteiger partial charge is 0.408 e. The largest absolute Gasteiger partial charge is 0.503 e. The summed E-state index contributed by atoms with van der Waals surface area (Å²) in [5, 5.41) is 11.0. The van der Waals surface area contributed by atoms with Crippen LogP contribution >= 0.6 is 23.4 Å². The van der Waals surface area contributed by atoms with Crippen molar-refractivity contribution in [3.05, 3.63) is 92.4 Å². The van der Waals surface area contributed by atoms with E-state index in [9.17, 15) is 27.9 Å². The molecule has 2 aromatic carbocycles. The fourth-order valence-electron chi connectivity index (χ4n) is 5.20. The lowest BCUT2D eigenvalue weighted by atomic mass is 9.80. The molecule has 0 saturated heterocycles. The number of alkyl halides is 3. The maximum atomic E-state index is 13.8. The van der Waals surface area contributed by atoms with Crippen LogP contribution in [0.25, 0.3) is 0 Å². The molecular weight excluding hydrogens is 513 g/mol. The summed E-state index contributed by atoms with van der Waals surface area (Å²) in [6.07, 6.45) is -3.33. The lowest BCUT2D eigenvalue weighted by molar-refractivity contribution is -0.174. The maximum absolute atomic E-state index is 13.8. The Morgan fingerprint density at radius 2 is 1.78 bits per heavy atom. The van der Waals surface area contributed by atoms with Crippen LogP contribution < -0.4 is 5.43 Å². The van der Waals surface area contributed by atoms with E-state index in [1.54, 1.807) is 17.8 Å². The standard InChI is InChI=1S/C26H22ClF3N2O3S/c1-13-15-7-5-8-17(27)21(15)22(16-6-3-4-9-20(16)36-13)18-12-32(14(2)26(28,29)30)25(35)23-24(34)19(33)10-11-31(18)23/h3-11,13-14,18,22,34H,12H2,1-2H3/t13-,14+,18?,22-/m0/s1. The molecule has 4 atom stereocenters. The number of rotatable bonds is 2. The van der Waals surface area contributed by atoms with Gasteiger partial charge in [0, 0.05) is 39.9 Å². The number of nitrogens with zero attached hydrogens (tertiary/aromatic N) is 2. The molecule has 1 amide bonds. The summed E-state index contributed by atoms with van der Waals surface area (Å²) < 4.78 is 43.0. The number of amides is 1. The summed E-state index contributed by atoms with van der Waals surface area (Å²) in [7, 11) is 0. The summed E-state index contributed by atoms with van der Waals surface area (Å²) in [6, 6.07) is 11.4. The maximum Gasteiger partial charge on any atom is 0.408 e. The fourth-order valence-corrected chi connectivity index (χ4v) is 6.70. The van der Waals surface area contributed by atoms with Crippen molar-refractivity contribution in [2.75, 3.05) is 6.54 Å². The highest BCUT2D eigenvalue weighted by Gasteiger charge is 2.48. The third kappa shape index (κ3) is 3.89. The van der Waals surface area contributed by atoms with Crippen LogP contribution in [-0.2, 0) is 0 Å². The summed E-state index contributed by atoms with van der Waals surface area (Å²) in [5.74, 6) is -2.47. The molecule has 188 valence electrons. The van der Waals surface area contributed by atoms with Crippen molar-refractivity contribution < 1.29 is 23.1 Å². The van der Waals surface area contributed by atoms with E-state index in [1.807, 2.05) is 43.3 Å². The summed E-state index contributed by atoms with van der Waals surface area (Å²) >= 11 is 8.39. The van der Waals surface area contributed by atoms with Gasteiger partial charge in [0.2, 0.25) is 5.43 Å². The van der Waals surface area contributed by atoms with E-state index in [2.05, 4.69) is 0 Å². The second-order valence-corrected chi connectivity index (χ2v) is 10.8. The van der Waals surface area contributed by atoms with Crippen LogP contribution in [0.1, 0.15) is 58.2 Å². The first-order chi connectivity index (χ1) is 17.0. The number of halogens is 4. The van der Waals surface area contributed by atoms with Gasteiger partial charge >= 0.3 is 6.18 Å². The number of thioether (sulfide) groups is 1. The molecular formula is C26H22ClF3N2O3S. The number of fused-ring (bicyclic) bond motifs is 3. The number of benzene rings is 2. The van der Waals surface area contributed by atoms with Crippen LogP contribution in [0.5, 0.6) is 5.75 Å². The molecule has 1 unspecified atom stereocenters. The Labute approximate surface area is 214 Å². The number of hydrogen-bond acceptors (Lipinski definition) is 4. The lowest BCUT2D eigenvalue weighted by Gasteiger charge is -2.43. The van der Waals surface area contributed by atoms with Crippen LogP contribution in [0.2, 0.25) is 5.02 Å². The van der Waals surface area contributed by atoms with Crippen molar-refractivity contribution in [3.8, 4) is 5.75 Å². The van der Waals surface area contributed by atoms with Gasteiger partial charge in [-0.2, -0.15) is 13.2 Å². The van der Waals surface area contributed by atoms with Crippen molar-refractivity contribution in [2.45, 2.75) is 48.2 Å². The van der Waals surface area contributed by atoms with E-state index in [0.717, 1.165) is 34.6 Å². The molecule has 10 heteroatoms. The van der Waals surface area contributed by atoms with Gasteiger partial charge in [0.25, 0.3) is 5.91 Å². The Kier molecular flexibility index (Phi) is 6.11. The Bertz CT molecular complexity index is 1420. The molecule has 0 aliphatic carbocycles. The Morgan fingerprint density at radius 1 is 1.08 bits per heavy atom. The van der Waals surface area contributed by atoms with Crippen LogP contribution in [0.15, 0.2) is 64.4 Å². The van der Waals surface area contributed by atoms with Gasteiger partial charge in [-0.25, -0.2) is 0 Å². The second kappa shape index (κ2) is 8.88. The van der Waals surface area contributed by atoms with Crippen molar-refractivity contribution in [1.82, 2.24) is 9.47 Å². The molecule has 0 radical (unpaired) electrons. The average molecular weight is 535 g/mol. The molecule has 36 heavy (non-hydrogen) atoms. The number of pyridine rings is 1. The molecule has 0 fully saturated rings. The molecule has 5 rings (SSSR count). The topological polar surface area (TPSA) is 62.5 Å². The van der Waals surface area contributed by atoms with Crippen molar-refractivity contribution in [2.24, 2.45) is 0 Å². The zero-order chi connectivity index (χ0) is 25.9. The number of hydrogen-bond donors (Lipinski definition) is 1. The van der Waals surface area contributed by atoms with E-state index in [-0.39, 0.29) is 11.8 Å². The van der Waals surface area contributed by atoms with Gasteiger partial charge in [0.05, 0.1) is 6.04 Å². The SMILES string of the molecule is C[C@@H]1Sc2ccccc2[C@@H](C2CN([C@H](C)C(F)(F)F)C(=O)c3c(O)c(=O)ccn32)c2c(Cl)cccc21. The van der Waals surface area contributed by atoms with E-state index >= 15 is 0 Å². The minimum atomic E-state index is -4.70. The van der Waals surface area contributed by atoms with Crippen LogP contribution in [0.3, 0.4) is 0 Å². The minimum Gasteiger partial charge on any atom is -0.503 e. The molecule has 0 bridgehead atoms. The Morgan fingerprint density at radius 3 is 2.50 bits per heavy atom. The second-order valence-electron chi connectivity index (χ2n) is 9.05. The predicted octanol–water partition coefficient (Wildman–Crippen LogP) is 6.15. The number of aromatic hydroxyl groups is 1. The van der Waals surface area contributed by atoms with Gasteiger partial charge in [0.1, 0.15) is 6.04 Å². The molecule has 3 aromatic rings. The van der Waals surface area contributed by atoms with Crippen LogP contribution in [-0.4, -0.2) is 39.2 Å². The molecule has 1 N–H and O–H groups in total. The first-order valence-electron chi connectivity index (χ1n) is 11.4. The highest BCUT2D eigenvalue weighted by atomic mass is 35.5. The quantitative estimate of drug-likeness (QED) is 0.428. The molecule has 3 heterocycles. The first-order valence-corrected chi connectivity index (χ1v) is 12.6. The number of carbonyl (C=O) groups is 1. The molecule has 2 aliphatic heterocycles. The summed E-state index contributed by atoms with van der Waals surface area (Å²) in [6.45, 7) is 2.65. The monoisotopic (exact) mass is 534 g/mol. The van der Waals surface area contributed by atoms with E-state index < -0.39 is 47.0 Å². The van der Waals surface area contributed by atoms with E-state index in [4.69, 9.17) is 11.6 Å². The molecule has 0 spiro atoms. The van der Waals surface area contributed by atoms with Crippen molar-refractivity contribution in [1.29, 1.82) is 0 Å². The summed E-state index contributed by atoms with van der Waals surface area (Å²) in [5.41, 5.74) is 1.26. The van der Waals surface area contributed by atoms with Gasteiger partial charge in [-0.15, -0.1) is 11.8 Å². The van der Waals surface area contributed by atoms with E-state index in [0.29, 0.717) is 9.92 Å². The average Bonchev–Trinajstić information content (AvgIpc) is 2.95.